The Morgan fingerprint density at radius 3 is 1.27 bits per heavy atom. The van der Waals surface area contributed by atoms with Crippen molar-refractivity contribution in [2.45, 2.75) is 47.5 Å². The molecule has 0 bridgehead atoms. The Kier molecular flexibility index (Phi) is 11.4. The van der Waals surface area contributed by atoms with Crippen LogP contribution in [0, 0.1) is 41.5 Å². The number of hydrogen-bond donors (Lipinski definition) is 0. The van der Waals surface area contributed by atoms with Crippen LogP contribution in [-0.2, 0) is 0 Å². The first-order chi connectivity index (χ1) is 32.2. The molecule has 10 aromatic rings. The van der Waals surface area contributed by atoms with Gasteiger partial charge in [-0.1, -0.05) is 169 Å². The van der Waals surface area contributed by atoms with Crippen LogP contribution in [0.25, 0.3) is 55.8 Å². The Morgan fingerprint density at radius 2 is 0.758 bits per heavy atom. The van der Waals surface area contributed by atoms with Crippen LogP contribution in [0.1, 0.15) is 56.0 Å². The predicted molar refractivity (Wildman–Crippen MR) is 276 cm³/mol. The standard InChI is InChI=1S/C62H52N4/c1-40-32-42(3)57(43(4)33-40)59(58-44(5)34-41(2)35-45(58)6)49-27-29-55(30-28-49)66(56-31-26-48-22-16-17-25-51(48)39-56)62-64-60(50-23-14-9-15-24-50)63-61(65-62)54-37-52(46-18-10-7-11-19-46)36-53(38-54)47-20-12-8-13-21-47/h7-39,59H,1-6H3. The van der Waals surface area contributed by atoms with Crippen LogP contribution >= 0.6 is 0 Å². The molecule has 0 aliphatic rings. The summed E-state index contributed by atoms with van der Waals surface area (Å²) in [5.41, 5.74) is 19.8. The quantitative estimate of drug-likeness (QED) is 0.129. The van der Waals surface area contributed by atoms with Gasteiger partial charge in [0.1, 0.15) is 0 Å². The Morgan fingerprint density at radius 1 is 0.333 bits per heavy atom. The second-order valence-corrected chi connectivity index (χ2v) is 17.7. The summed E-state index contributed by atoms with van der Waals surface area (Å²) in [5.74, 6) is 1.76. The molecule has 0 saturated heterocycles. The van der Waals surface area contributed by atoms with Crippen molar-refractivity contribution in [1.82, 2.24) is 15.0 Å². The van der Waals surface area contributed by atoms with E-state index in [0.717, 1.165) is 50.1 Å². The van der Waals surface area contributed by atoms with Crippen LogP contribution in [0.5, 0.6) is 0 Å². The molecule has 1 heterocycles. The first-order valence-electron chi connectivity index (χ1n) is 22.8. The third kappa shape index (κ3) is 8.42. The van der Waals surface area contributed by atoms with Gasteiger partial charge in [0.15, 0.2) is 11.6 Å². The SMILES string of the molecule is Cc1cc(C)c(C(c2ccc(N(c3ccc4ccccc4c3)c3nc(-c4ccccc4)nc(-c4cc(-c5ccccc5)cc(-c5ccccc5)c4)n3)cc2)c2c(C)cc(C)cc2C)c(C)c1. The third-order valence-electron chi connectivity index (χ3n) is 12.8. The molecule has 0 amide bonds. The average molecular weight is 853 g/mol. The lowest BCUT2D eigenvalue weighted by atomic mass is 9.77. The fraction of sp³-hybridized carbons (Fsp3) is 0.113. The van der Waals surface area contributed by atoms with E-state index in [1.54, 1.807) is 0 Å². The molecule has 1 aromatic heterocycles. The Bertz CT molecular complexity index is 3200. The average Bonchev–Trinajstić information content (AvgIpc) is 3.34. The van der Waals surface area contributed by atoms with E-state index in [-0.39, 0.29) is 5.92 Å². The van der Waals surface area contributed by atoms with E-state index in [0.29, 0.717) is 17.6 Å². The highest BCUT2D eigenvalue weighted by atomic mass is 15.3. The van der Waals surface area contributed by atoms with E-state index in [4.69, 9.17) is 15.0 Å². The summed E-state index contributed by atoms with van der Waals surface area (Å²) in [6, 6.07) is 71.4. The minimum atomic E-state index is 0.0403. The molecule has 0 unspecified atom stereocenters. The van der Waals surface area contributed by atoms with Crippen LogP contribution in [-0.4, -0.2) is 15.0 Å². The summed E-state index contributed by atoms with van der Waals surface area (Å²) >= 11 is 0. The maximum absolute atomic E-state index is 5.45. The fourth-order valence-corrected chi connectivity index (χ4v) is 9.94. The number of hydrogen-bond acceptors (Lipinski definition) is 4. The molecule has 9 aromatic carbocycles. The van der Waals surface area contributed by atoms with Crippen molar-refractivity contribution in [3.63, 3.8) is 0 Å². The molecule has 0 radical (unpaired) electrons. The Hall–Kier alpha value is -7.95. The second-order valence-electron chi connectivity index (χ2n) is 17.7. The van der Waals surface area contributed by atoms with Crippen molar-refractivity contribution in [1.29, 1.82) is 0 Å². The van der Waals surface area contributed by atoms with E-state index in [1.165, 1.54) is 55.5 Å². The van der Waals surface area contributed by atoms with Gasteiger partial charge in [-0.2, -0.15) is 9.97 Å². The molecular weight excluding hydrogens is 801 g/mol. The zero-order chi connectivity index (χ0) is 45.3. The molecule has 0 saturated carbocycles. The Labute approximate surface area is 389 Å². The monoisotopic (exact) mass is 852 g/mol. The number of benzene rings is 9. The summed E-state index contributed by atoms with van der Waals surface area (Å²) < 4.78 is 0. The topological polar surface area (TPSA) is 41.9 Å². The summed E-state index contributed by atoms with van der Waals surface area (Å²) in [4.78, 5) is 18.2. The summed E-state index contributed by atoms with van der Waals surface area (Å²) in [7, 11) is 0. The first-order valence-corrected chi connectivity index (χ1v) is 22.8. The van der Waals surface area contributed by atoms with Crippen LogP contribution in [0.15, 0.2) is 200 Å². The molecule has 4 nitrogen and oxygen atoms in total. The van der Waals surface area contributed by atoms with Crippen molar-refractivity contribution in [3.05, 3.63) is 250 Å². The third-order valence-corrected chi connectivity index (χ3v) is 12.8. The minimum Gasteiger partial charge on any atom is -0.279 e. The van der Waals surface area contributed by atoms with Crippen LogP contribution < -0.4 is 4.90 Å². The van der Waals surface area contributed by atoms with Gasteiger partial charge in [-0.05, 0) is 156 Å². The minimum absolute atomic E-state index is 0.0403. The van der Waals surface area contributed by atoms with Crippen LogP contribution in [0.4, 0.5) is 17.3 Å². The van der Waals surface area contributed by atoms with Crippen LogP contribution in [0.2, 0.25) is 0 Å². The van der Waals surface area contributed by atoms with E-state index in [9.17, 15) is 0 Å². The van der Waals surface area contributed by atoms with Crippen molar-refractivity contribution in [2.75, 3.05) is 4.90 Å². The molecule has 0 aliphatic heterocycles. The molecule has 10 rings (SSSR count). The molecular formula is C62H52N4. The second kappa shape index (κ2) is 17.9. The zero-order valence-corrected chi connectivity index (χ0v) is 38.4. The maximum Gasteiger partial charge on any atom is 0.238 e. The van der Waals surface area contributed by atoms with Crippen molar-refractivity contribution < 1.29 is 0 Å². The number of nitrogens with zero attached hydrogens (tertiary/aromatic N) is 4. The van der Waals surface area contributed by atoms with Crippen molar-refractivity contribution >= 4 is 28.1 Å². The number of aromatic nitrogens is 3. The molecule has 0 aliphatic carbocycles. The van der Waals surface area contributed by atoms with Crippen molar-refractivity contribution in [2.24, 2.45) is 0 Å². The number of fused-ring (bicyclic) bond motifs is 1. The number of aryl methyl sites for hydroxylation is 6. The highest BCUT2D eigenvalue weighted by Crippen LogP contribution is 2.43. The van der Waals surface area contributed by atoms with Gasteiger partial charge in [0, 0.05) is 28.4 Å². The number of rotatable bonds is 10. The van der Waals surface area contributed by atoms with Gasteiger partial charge in [0.05, 0.1) is 0 Å². The van der Waals surface area contributed by atoms with E-state index >= 15 is 0 Å². The fourth-order valence-electron chi connectivity index (χ4n) is 9.94. The summed E-state index contributed by atoms with van der Waals surface area (Å²) in [6.45, 7) is 13.4. The number of anilines is 3. The highest BCUT2D eigenvalue weighted by Gasteiger charge is 2.26. The molecule has 0 fully saturated rings. The molecule has 320 valence electrons. The normalized spacial score (nSPS) is 11.3. The van der Waals surface area contributed by atoms with E-state index in [2.05, 4.69) is 228 Å². The zero-order valence-electron chi connectivity index (χ0n) is 38.4. The van der Waals surface area contributed by atoms with Gasteiger partial charge in [-0.25, -0.2) is 4.98 Å². The van der Waals surface area contributed by atoms with Crippen LogP contribution in [0.3, 0.4) is 0 Å². The Balaban J connectivity index is 1.19. The molecule has 0 spiro atoms. The molecule has 0 N–H and O–H groups in total. The van der Waals surface area contributed by atoms with E-state index in [1.807, 2.05) is 18.2 Å². The van der Waals surface area contributed by atoms with Gasteiger partial charge >= 0.3 is 0 Å². The van der Waals surface area contributed by atoms with Gasteiger partial charge in [0.2, 0.25) is 5.95 Å². The smallest absolute Gasteiger partial charge is 0.238 e. The lowest BCUT2D eigenvalue weighted by Crippen LogP contribution is -2.16. The molecule has 0 atom stereocenters. The van der Waals surface area contributed by atoms with Gasteiger partial charge < -0.3 is 0 Å². The lowest BCUT2D eigenvalue weighted by molar-refractivity contribution is 0.919. The summed E-state index contributed by atoms with van der Waals surface area (Å²) in [5, 5.41) is 2.30. The largest absolute Gasteiger partial charge is 0.279 e. The first kappa shape index (κ1) is 42.0. The maximum atomic E-state index is 5.45. The van der Waals surface area contributed by atoms with Gasteiger partial charge in [0.25, 0.3) is 0 Å². The van der Waals surface area contributed by atoms with E-state index < -0.39 is 0 Å². The lowest BCUT2D eigenvalue weighted by Gasteiger charge is -2.28. The predicted octanol–water partition coefficient (Wildman–Crippen LogP) is 16.2. The highest BCUT2D eigenvalue weighted by molar-refractivity contribution is 5.89. The van der Waals surface area contributed by atoms with Gasteiger partial charge in [-0.3, -0.25) is 4.90 Å². The molecule has 66 heavy (non-hydrogen) atoms. The molecule has 4 heteroatoms. The summed E-state index contributed by atoms with van der Waals surface area (Å²) in [6.07, 6.45) is 0. The van der Waals surface area contributed by atoms with Gasteiger partial charge in [-0.15, -0.1) is 0 Å². The van der Waals surface area contributed by atoms with Crippen molar-refractivity contribution in [3.8, 4) is 45.0 Å².